The third-order valence-corrected chi connectivity index (χ3v) is 5.64. The first-order chi connectivity index (χ1) is 16.1. The Labute approximate surface area is 187 Å². The summed E-state index contributed by atoms with van der Waals surface area (Å²) < 4.78 is 91.8. The van der Waals surface area contributed by atoms with Crippen LogP contribution >= 0.6 is 0 Å². The highest BCUT2D eigenvalue weighted by molar-refractivity contribution is 5.85. The van der Waals surface area contributed by atoms with Gasteiger partial charge >= 0.3 is 0 Å². The fourth-order valence-electron chi connectivity index (χ4n) is 4.15. The van der Waals surface area contributed by atoms with E-state index in [4.69, 9.17) is 4.74 Å². The Morgan fingerprint density at radius 2 is 1.97 bits per heavy atom. The number of likely N-dealkylation sites (tertiary alicyclic amines) is 1. The lowest BCUT2D eigenvalue weighted by molar-refractivity contribution is 0.00582. The van der Waals surface area contributed by atoms with E-state index in [1.165, 1.54) is 12.0 Å². The van der Waals surface area contributed by atoms with E-state index in [-0.39, 0.29) is 40.7 Å². The number of likely N-dealkylation sites (N-methyl/N-ethyl adjacent to an activating group) is 1. The van der Waals surface area contributed by atoms with Crippen molar-refractivity contribution in [2.45, 2.75) is 18.4 Å². The predicted octanol–water partition coefficient (Wildman–Crippen LogP) is 3.63. The van der Waals surface area contributed by atoms with Gasteiger partial charge in [-0.3, -0.25) is 9.30 Å². The molecule has 1 saturated heterocycles. The number of hydrogen-bond donors (Lipinski definition) is 1. The summed E-state index contributed by atoms with van der Waals surface area (Å²) >= 11 is 0. The standard InChI is InChI=1S/C20H17F6N7O/c1-31-7-13(20(25,26)8-31)28-19-29-18(34-2)15-14(11(22)6-33(15)30-19)9-3-10(21)17-27-4-12(16(23)24)32(17)5-9/h3-6,13,16H,7-8H2,1-2H3,(H,28,30)/t13-/m1/s1. The molecule has 0 aromatic carbocycles. The highest BCUT2D eigenvalue weighted by Gasteiger charge is 2.47. The summed E-state index contributed by atoms with van der Waals surface area (Å²) in [6.07, 6.45) is -0.0622. The number of nitrogens with zero attached hydrogens (tertiary/aromatic N) is 6. The number of ether oxygens (including phenoxy) is 1. The molecular formula is C20H17F6N7O. The summed E-state index contributed by atoms with van der Waals surface area (Å²) in [5.41, 5.74) is -1.28. The Morgan fingerprint density at radius 1 is 1.21 bits per heavy atom. The molecule has 0 bridgehead atoms. The van der Waals surface area contributed by atoms with Crippen molar-refractivity contribution >= 4 is 17.1 Å². The van der Waals surface area contributed by atoms with Crippen LogP contribution in [-0.4, -0.2) is 68.1 Å². The zero-order chi connectivity index (χ0) is 24.4. The number of fused-ring (bicyclic) bond motifs is 2. The molecule has 0 spiro atoms. The van der Waals surface area contributed by atoms with Gasteiger partial charge in [0, 0.05) is 18.3 Å². The lowest BCUT2D eigenvalue weighted by atomic mass is 10.1. The maximum absolute atomic E-state index is 15.0. The van der Waals surface area contributed by atoms with Gasteiger partial charge in [-0.15, -0.1) is 5.10 Å². The molecule has 1 atom stereocenters. The number of nitrogens with one attached hydrogen (secondary N) is 1. The number of halogens is 6. The van der Waals surface area contributed by atoms with Crippen molar-refractivity contribution in [2.24, 2.45) is 0 Å². The van der Waals surface area contributed by atoms with Crippen molar-refractivity contribution in [3.8, 4) is 17.0 Å². The number of aromatic nitrogens is 5. The first kappa shape index (κ1) is 22.3. The lowest BCUT2D eigenvalue weighted by Gasteiger charge is -2.19. The predicted molar refractivity (Wildman–Crippen MR) is 108 cm³/mol. The first-order valence-electron chi connectivity index (χ1n) is 10.00. The fourth-order valence-corrected chi connectivity index (χ4v) is 4.15. The molecule has 0 radical (unpaired) electrons. The maximum Gasteiger partial charge on any atom is 0.281 e. The van der Waals surface area contributed by atoms with E-state index in [2.05, 4.69) is 20.4 Å². The summed E-state index contributed by atoms with van der Waals surface area (Å²) in [6, 6.07) is -0.346. The SMILES string of the molecule is COc1nc(N[C@@H]2CN(C)CC2(F)F)nn2cc(F)c(-c3cc(F)c4ncc(C(F)F)n4c3)c12. The molecule has 34 heavy (non-hydrogen) atoms. The highest BCUT2D eigenvalue weighted by atomic mass is 19.3. The number of anilines is 1. The van der Waals surface area contributed by atoms with Crippen molar-refractivity contribution in [3.63, 3.8) is 0 Å². The molecule has 0 unspecified atom stereocenters. The lowest BCUT2D eigenvalue weighted by Crippen LogP contribution is -2.38. The molecule has 1 fully saturated rings. The van der Waals surface area contributed by atoms with Crippen LogP contribution in [0.3, 0.4) is 0 Å². The average Bonchev–Trinajstić information content (AvgIpc) is 3.39. The number of alkyl halides is 4. The zero-order valence-corrected chi connectivity index (χ0v) is 17.7. The van der Waals surface area contributed by atoms with E-state index in [9.17, 15) is 22.0 Å². The van der Waals surface area contributed by atoms with Crippen molar-refractivity contribution in [3.05, 3.63) is 42.0 Å². The van der Waals surface area contributed by atoms with Crippen molar-refractivity contribution < 1.29 is 31.1 Å². The molecule has 4 aromatic rings. The minimum absolute atomic E-state index is 0.0265. The van der Waals surface area contributed by atoms with Crippen molar-refractivity contribution in [1.82, 2.24) is 28.9 Å². The van der Waals surface area contributed by atoms with Gasteiger partial charge in [0.25, 0.3) is 12.3 Å². The van der Waals surface area contributed by atoms with Crippen LogP contribution in [0.4, 0.5) is 32.3 Å². The second kappa shape index (κ2) is 7.75. The molecule has 5 rings (SSSR count). The zero-order valence-electron chi connectivity index (χ0n) is 17.7. The van der Waals surface area contributed by atoms with E-state index in [0.29, 0.717) is 0 Å². The van der Waals surface area contributed by atoms with Gasteiger partial charge in [-0.1, -0.05) is 0 Å². The number of hydrogen-bond acceptors (Lipinski definition) is 6. The minimum Gasteiger partial charge on any atom is -0.479 e. The van der Waals surface area contributed by atoms with E-state index in [1.807, 2.05) is 0 Å². The van der Waals surface area contributed by atoms with Gasteiger partial charge in [-0.2, -0.15) is 4.98 Å². The normalized spacial score (nSPS) is 18.4. The van der Waals surface area contributed by atoms with Crippen LogP contribution in [-0.2, 0) is 0 Å². The van der Waals surface area contributed by atoms with Gasteiger partial charge < -0.3 is 10.1 Å². The highest BCUT2D eigenvalue weighted by Crippen LogP contribution is 2.36. The topological polar surface area (TPSA) is 72.0 Å². The van der Waals surface area contributed by atoms with Gasteiger partial charge in [-0.25, -0.2) is 35.8 Å². The van der Waals surface area contributed by atoms with Gasteiger partial charge in [-0.05, 0) is 13.1 Å². The third kappa shape index (κ3) is 3.48. The Bertz CT molecular complexity index is 1400. The summed E-state index contributed by atoms with van der Waals surface area (Å²) in [5, 5.41) is 6.61. The monoisotopic (exact) mass is 485 g/mol. The van der Waals surface area contributed by atoms with E-state index < -0.39 is 42.3 Å². The quantitative estimate of drug-likeness (QED) is 0.436. The fraction of sp³-hybridized carbons (Fsp3) is 0.350. The Hall–Kier alpha value is -3.55. The molecule has 1 N–H and O–H groups in total. The van der Waals surface area contributed by atoms with Crippen LogP contribution in [0.15, 0.2) is 24.7 Å². The molecule has 8 nitrogen and oxygen atoms in total. The second-order valence-electron chi connectivity index (χ2n) is 8.00. The van der Waals surface area contributed by atoms with E-state index >= 15 is 4.39 Å². The van der Waals surface area contributed by atoms with Crippen LogP contribution in [0.2, 0.25) is 0 Å². The van der Waals surface area contributed by atoms with Gasteiger partial charge in [0.1, 0.15) is 17.3 Å². The molecule has 0 amide bonds. The smallest absolute Gasteiger partial charge is 0.281 e. The Balaban J connectivity index is 1.64. The molecule has 0 saturated carbocycles. The Kier molecular flexibility index (Phi) is 5.07. The van der Waals surface area contributed by atoms with Crippen LogP contribution in [0.25, 0.3) is 22.3 Å². The first-order valence-corrected chi connectivity index (χ1v) is 10.00. The van der Waals surface area contributed by atoms with Crippen molar-refractivity contribution in [2.75, 3.05) is 32.6 Å². The van der Waals surface area contributed by atoms with Crippen LogP contribution in [0.5, 0.6) is 5.88 Å². The van der Waals surface area contributed by atoms with Gasteiger partial charge in [0.15, 0.2) is 17.3 Å². The van der Waals surface area contributed by atoms with Crippen LogP contribution in [0, 0.1) is 11.6 Å². The number of rotatable bonds is 5. The molecule has 4 aromatic heterocycles. The summed E-state index contributed by atoms with van der Waals surface area (Å²) in [7, 11) is 2.77. The maximum atomic E-state index is 15.0. The van der Waals surface area contributed by atoms with Gasteiger partial charge in [0.05, 0.1) is 31.6 Å². The molecule has 180 valence electrons. The van der Waals surface area contributed by atoms with Crippen LogP contribution < -0.4 is 10.1 Å². The number of pyridine rings is 1. The van der Waals surface area contributed by atoms with Crippen LogP contribution in [0.1, 0.15) is 12.1 Å². The number of imidazole rings is 1. The molecule has 1 aliphatic rings. The average molecular weight is 485 g/mol. The molecule has 5 heterocycles. The summed E-state index contributed by atoms with van der Waals surface area (Å²) in [4.78, 5) is 9.16. The largest absolute Gasteiger partial charge is 0.479 e. The molecule has 1 aliphatic heterocycles. The summed E-state index contributed by atoms with van der Waals surface area (Å²) in [5.74, 6) is -5.30. The molecule has 0 aliphatic carbocycles. The minimum atomic E-state index is -3.05. The van der Waals surface area contributed by atoms with Gasteiger partial charge in [0.2, 0.25) is 11.8 Å². The molecule has 14 heteroatoms. The number of methoxy groups -OCH3 is 1. The third-order valence-electron chi connectivity index (χ3n) is 5.64. The van der Waals surface area contributed by atoms with Crippen molar-refractivity contribution in [1.29, 1.82) is 0 Å². The summed E-state index contributed by atoms with van der Waals surface area (Å²) in [6.45, 7) is -0.423. The Morgan fingerprint density at radius 3 is 2.62 bits per heavy atom. The van der Waals surface area contributed by atoms with E-state index in [0.717, 1.165) is 33.6 Å². The van der Waals surface area contributed by atoms with E-state index in [1.54, 1.807) is 7.05 Å². The molecular weight excluding hydrogens is 468 g/mol. The second-order valence-corrected chi connectivity index (χ2v) is 8.00.